The van der Waals surface area contributed by atoms with Gasteiger partial charge in [-0.1, -0.05) is 56.8 Å². The van der Waals surface area contributed by atoms with Gasteiger partial charge in [0, 0.05) is 18.3 Å². The van der Waals surface area contributed by atoms with E-state index in [0.29, 0.717) is 22.2 Å². The Hall–Kier alpha value is -3.13. The number of aromatic nitrogens is 3. The van der Waals surface area contributed by atoms with Crippen molar-refractivity contribution in [3.05, 3.63) is 65.5 Å². The molecule has 7 nitrogen and oxygen atoms in total. The Labute approximate surface area is 198 Å². The summed E-state index contributed by atoms with van der Waals surface area (Å²) in [4.78, 5) is 23.9. The molecule has 3 aromatic rings. The molecule has 0 aliphatic heterocycles. The lowest BCUT2D eigenvalue weighted by Crippen LogP contribution is -2.15. The number of amides is 1. The van der Waals surface area contributed by atoms with Gasteiger partial charge in [0.2, 0.25) is 5.91 Å². The van der Waals surface area contributed by atoms with Crippen LogP contribution in [0.25, 0.3) is 0 Å². The van der Waals surface area contributed by atoms with Gasteiger partial charge < -0.3 is 14.6 Å². The second-order valence-corrected chi connectivity index (χ2v) is 9.85. The highest BCUT2D eigenvalue weighted by Gasteiger charge is 2.19. The van der Waals surface area contributed by atoms with Crippen molar-refractivity contribution in [2.24, 2.45) is 7.05 Å². The fourth-order valence-electron chi connectivity index (χ4n) is 3.24. The molecule has 1 unspecified atom stereocenters. The number of ketones is 1. The van der Waals surface area contributed by atoms with E-state index in [1.165, 1.54) is 24.2 Å². The lowest BCUT2D eigenvalue weighted by molar-refractivity contribution is -0.113. The first-order valence-electron chi connectivity index (χ1n) is 10.7. The fraction of sp³-hybridized carbons (Fsp3) is 0.360. The van der Waals surface area contributed by atoms with E-state index in [2.05, 4.69) is 48.4 Å². The minimum absolute atomic E-state index is 0.0476. The monoisotopic (exact) mass is 466 g/mol. The number of carbonyl (C=O) groups excluding carboxylic acids is 2. The summed E-state index contributed by atoms with van der Waals surface area (Å²) in [5.41, 5.74) is 2.47. The Morgan fingerprint density at radius 1 is 1.12 bits per heavy atom. The summed E-state index contributed by atoms with van der Waals surface area (Å²) in [6.07, 6.45) is -0.305. The summed E-state index contributed by atoms with van der Waals surface area (Å²) in [5.74, 6) is 1.37. The molecule has 0 fully saturated rings. The predicted octanol–water partition coefficient (Wildman–Crippen LogP) is 5.19. The molecule has 0 aliphatic rings. The third-order valence-corrected chi connectivity index (χ3v) is 6.17. The van der Waals surface area contributed by atoms with Crippen LogP contribution in [0.4, 0.5) is 5.69 Å². The quantitative estimate of drug-likeness (QED) is 0.363. The standard InChI is InChI=1S/C25H30N4O3S/c1-16(30)18-8-7-9-20(14-18)26-22(31)15-33-24-28-27-23(29(24)6)17(2)32-21-12-10-19(11-13-21)25(3,4)5/h7-14,17H,15H2,1-6H3,(H,26,31). The zero-order valence-corrected chi connectivity index (χ0v) is 20.7. The van der Waals surface area contributed by atoms with E-state index in [-0.39, 0.29) is 29.0 Å². The van der Waals surface area contributed by atoms with Crippen molar-refractivity contribution in [2.45, 2.75) is 51.3 Å². The lowest BCUT2D eigenvalue weighted by Gasteiger charge is -2.20. The molecule has 8 heteroatoms. The van der Waals surface area contributed by atoms with Crippen LogP contribution < -0.4 is 10.1 Å². The van der Waals surface area contributed by atoms with Crippen LogP contribution >= 0.6 is 11.8 Å². The molecule has 3 rings (SSSR count). The van der Waals surface area contributed by atoms with Crippen LogP contribution in [-0.2, 0) is 17.3 Å². The predicted molar refractivity (Wildman–Crippen MR) is 131 cm³/mol. The van der Waals surface area contributed by atoms with Crippen molar-refractivity contribution in [3.63, 3.8) is 0 Å². The minimum Gasteiger partial charge on any atom is -0.483 e. The smallest absolute Gasteiger partial charge is 0.234 e. The maximum Gasteiger partial charge on any atom is 0.234 e. The number of carbonyl (C=O) groups is 2. The zero-order chi connectivity index (χ0) is 24.2. The number of anilines is 1. The first-order valence-corrected chi connectivity index (χ1v) is 11.7. The molecule has 2 aromatic carbocycles. The van der Waals surface area contributed by atoms with Gasteiger partial charge >= 0.3 is 0 Å². The van der Waals surface area contributed by atoms with Crippen molar-refractivity contribution < 1.29 is 14.3 Å². The van der Waals surface area contributed by atoms with E-state index in [4.69, 9.17) is 4.74 Å². The number of rotatable bonds is 8. The lowest BCUT2D eigenvalue weighted by atomic mass is 9.87. The largest absolute Gasteiger partial charge is 0.483 e. The molecule has 0 spiro atoms. The zero-order valence-electron chi connectivity index (χ0n) is 19.9. The van der Waals surface area contributed by atoms with Gasteiger partial charge in [0.1, 0.15) is 5.75 Å². The molecule has 0 saturated carbocycles. The number of hydrogen-bond acceptors (Lipinski definition) is 6. The highest BCUT2D eigenvalue weighted by molar-refractivity contribution is 7.99. The van der Waals surface area contributed by atoms with Crippen LogP contribution in [0.3, 0.4) is 0 Å². The molecular weight excluding hydrogens is 436 g/mol. The van der Waals surface area contributed by atoms with Crippen LogP contribution in [0.2, 0.25) is 0 Å². The third-order valence-electron chi connectivity index (χ3n) is 5.15. The highest BCUT2D eigenvalue weighted by atomic mass is 32.2. The molecule has 0 saturated heterocycles. The van der Waals surface area contributed by atoms with E-state index in [1.54, 1.807) is 24.3 Å². The molecule has 1 N–H and O–H groups in total. The summed E-state index contributed by atoms with van der Waals surface area (Å²) in [7, 11) is 1.86. The van der Waals surface area contributed by atoms with Crippen LogP contribution in [0, 0.1) is 0 Å². The number of Topliss-reactive ketones (excluding diaryl/α,β-unsaturated/α-hetero) is 1. The van der Waals surface area contributed by atoms with Crippen LogP contribution in [0.5, 0.6) is 5.75 Å². The average molecular weight is 467 g/mol. The van der Waals surface area contributed by atoms with E-state index in [1.807, 2.05) is 30.7 Å². The Bertz CT molecular complexity index is 1130. The second kappa shape index (κ2) is 10.2. The van der Waals surface area contributed by atoms with Gasteiger partial charge in [-0.15, -0.1) is 10.2 Å². The van der Waals surface area contributed by atoms with Gasteiger partial charge in [0.05, 0.1) is 5.75 Å². The SMILES string of the molecule is CC(=O)c1cccc(NC(=O)CSc2nnc(C(C)Oc3ccc(C(C)(C)C)cc3)n2C)c1. The van der Waals surface area contributed by atoms with Crippen molar-refractivity contribution >= 4 is 29.1 Å². The van der Waals surface area contributed by atoms with Gasteiger partial charge in [-0.25, -0.2) is 0 Å². The van der Waals surface area contributed by atoms with Crippen molar-refractivity contribution in [2.75, 3.05) is 11.1 Å². The van der Waals surface area contributed by atoms with E-state index in [0.717, 1.165) is 5.75 Å². The molecule has 33 heavy (non-hydrogen) atoms. The van der Waals surface area contributed by atoms with Gasteiger partial charge in [-0.05, 0) is 49.1 Å². The minimum atomic E-state index is -0.305. The van der Waals surface area contributed by atoms with Crippen molar-refractivity contribution in [1.82, 2.24) is 14.8 Å². The molecule has 1 heterocycles. The summed E-state index contributed by atoms with van der Waals surface area (Å²) < 4.78 is 7.89. The third kappa shape index (κ3) is 6.44. The molecule has 174 valence electrons. The number of nitrogens with one attached hydrogen (secondary N) is 1. The first-order chi connectivity index (χ1) is 15.5. The van der Waals surface area contributed by atoms with E-state index in [9.17, 15) is 9.59 Å². The number of ether oxygens (including phenoxy) is 1. The Morgan fingerprint density at radius 2 is 1.82 bits per heavy atom. The Balaban J connectivity index is 1.58. The van der Waals surface area contributed by atoms with Crippen LogP contribution in [0.15, 0.2) is 53.7 Å². The molecule has 1 aromatic heterocycles. The number of benzene rings is 2. The van der Waals surface area contributed by atoms with E-state index >= 15 is 0 Å². The maximum atomic E-state index is 12.4. The molecule has 0 radical (unpaired) electrons. The molecule has 0 aliphatic carbocycles. The first kappa shape index (κ1) is 24.5. The second-order valence-electron chi connectivity index (χ2n) is 8.91. The maximum absolute atomic E-state index is 12.4. The summed E-state index contributed by atoms with van der Waals surface area (Å²) in [6, 6.07) is 15.0. The molecule has 1 atom stereocenters. The number of thioether (sulfide) groups is 1. The summed E-state index contributed by atoms with van der Waals surface area (Å²) in [5, 5.41) is 11.9. The Morgan fingerprint density at radius 3 is 2.45 bits per heavy atom. The summed E-state index contributed by atoms with van der Waals surface area (Å²) >= 11 is 1.29. The van der Waals surface area contributed by atoms with Crippen molar-refractivity contribution in [1.29, 1.82) is 0 Å². The van der Waals surface area contributed by atoms with Gasteiger partial charge in [-0.3, -0.25) is 9.59 Å². The summed E-state index contributed by atoms with van der Waals surface area (Å²) in [6.45, 7) is 9.94. The van der Waals surface area contributed by atoms with Crippen LogP contribution in [0.1, 0.15) is 62.5 Å². The average Bonchev–Trinajstić information content (AvgIpc) is 3.12. The van der Waals surface area contributed by atoms with Gasteiger partial charge in [0.15, 0.2) is 22.9 Å². The normalized spacial score (nSPS) is 12.3. The highest BCUT2D eigenvalue weighted by Crippen LogP contribution is 2.27. The molecule has 1 amide bonds. The fourth-order valence-corrected chi connectivity index (χ4v) is 3.96. The Kier molecular flexibility index (Phi) is 7.58. The molecule has 0 bridgehead atoms. The van der Waals surface area contributed by atoms with E-state index < -0.39 is 0 Å². The van der Waals surface area contributed by atoms with Gasteiger partial charge in [0.25, 0.3) is 0 Å². The van der Waals surface area contributed by atoms with Crippen molar-refractivity contribution in [3.8, 4) is 5.75 Å². The molecular formula is C25H30N4O3S. The van der Waals surface area contributed by atoms with Gasteiger partial charge in [-0.2, -0.15) is 0 Å². The van der Waals surface area contributed by atoms with Crippen LogP contribution in [-0.4, -0.2) is 32.2 Å². The topological polar surface area (TPSA) is 86.1 Å². The number of hydrogen-bond donors (Lipinski definition) is 1. The number of nitrogens with zero attached hydrogens (tertiary/aromatic N) is 3.